The van der Waals surface area contributed by atoms with Crippen LogP contribution in [0.2, 0.25) is 0 Å². The largest absolute Gasteiger partial charge is 0.516 e. The molecule has 0 saturated carbocycles. The average Bonchev–Trinajstić information content (AvgIpc) is 3.02. The van der Waals surface area contributed by atoms with Crippen molar-refractivity contribution in [2.75, 3.05) is 0 Å². The lowest BCUT2D eigenvalue weighted by Gasteiger charge is -2.28. The summed E-state index contributed by atoms with van der Waals surface area (Å²) >= 11 is 0. The third-order valence-corrected chi connectivity index (χ3v) is 11.4. The summed E-state index contributed by atoms with van der Waals surface area (Å²) in [6.07, 6.45) is 1.08. The molecular formula is C31H20F6N2O8S3. The van der Waals surface area contributed by atoms with E-state index in [1.807, 2.05) is 0 Å². The zero-order chi connectivity index (χ0) is 36.9. The third kappa shape index (κ3) is 6.88. The standard InChI is InChI=1S/C31H20F6N2O8S3/c32-30(33,34)49(44,45)38-28(40)23(19-8-2-1-3-9-19)16-18-7-6-10-20(15-18)21-13-14-26-24(17-21)27(29(41)39-50(46,47)31(35,36)37)22-11-4-5-12-25(22)48(26,42)43/h1-17,27H,(H,38,40)(H,39,41)/b23-16+. The number of amides is 2. The van der Waals surface area contributed by atoms with Crippen LogP contribution in [-0.4, -0.2) is 48.1 Å². The summed E-state index contributed by atoms with van der Waals surface area (Å²) in [6, 6.07) is 21.1. The lowest BCUT2D eigenvalue weighted by Crippen LogP contribution is -2.43. The van der Waals surface area contributed by atoms with Crippen molar-refractivity contribution in [1.29, 1.82) is 0 Å². The van der Waals surface area contributed by atoms with Gasteiger partial charge in [-0.3, -0.25) is 9.59 Å². The van der Waals surface area contributed by atoms with Gasteiger partial charge in [-0.05, 0) is 63.7 Å². The average molecular weight is 759 g/mol. The number of benzene rings is 4. The smallest absolute Gasteiger partial charge is 0.273 e. The van der Waals surface area contributed by atoms with Gasteiger partial charge in [-0.1, -0.05) is 72.8 Å². The number of sulfone groups is 1. The molecule has 0 aliphatic carbocycles. The predicted octanol–water partition coefficient (Wildman–Crippen LogP) is 5.10. The maximum Gasteiger partial charge on any atom is 0.516 e. The Bertz CT molecular complexity index is 2390. The summed E-state index contributed by atoms with van der Waals surface area (Å²) in [5.74, 6) is -5.15. The van der Waals surface area contributed by atoms with Crippen molar-refractivity contribution in [1.82, 2.24) is 9.44 Å². The van der Waals surface area contributed by atoms with Crippen molar-refractivity contribution in [3.05, 3.63) is 119 Å². The van der Waals surface area contributed by atoms with Crippen LogP contribution in [0.4, 0.5) is 26.3 Å². The minimum absolute atomic E-state index is 0.0353. The van der Waals surface area contributed by atoms with Crippen LogP contribution < -0.4 is 9.44 Å². The molecule has 0 bridgehead atoms. The maximum atomic E-state index is 13.5. The van der Waals surface area contributed by atoms with E-state index < -0.39 is 74.0 Å². The van der Waals surface area contributed by atoms with Gasteiger partial charge >= 0.3 is 31.1 Å². The van der Waals surface area contributed by atoms with Gasteiger partial charge < -0.3 is 0 Å². The van der Waals surface area contributed by atoms with Gasteiger partial charge in [0.05, 0.1) is 15.7 Å². The number of alkyl halides is 6. The molecule has 0 spiro atoms. The third-order valence-electron chi connectivity index (χ3n) is 7.32. The van der Waals surface area contributed by atoms with Gasteiger partial charge in [-0.2, -0.15) is 43.2 Å². The van der Waals surface area contributed by atoms with Crippen molar-refractivity contribution >= 4 is 53.3 Å². The summed E-state index contributed by atoms with van der Waals surface area (Å²) in [5.41, 5.74) is -12.3. The fraction of sp³-hybridized carbons (Fsp3) is 0.0968. The van der Waals surface area contributed by atoms with Gasteiger partial charge in [-0.15, -0.1) is 0 Å². The molecule has 2 amide bonds. The molecule has 1 unspecified atom stereocenters. The summed E-state index contributed by atoms with van der Waals surface area (Å²) in [4.78, 5) is 25.2. The van der Waals surface area contributed by atoms with Gasteiger partial charge in [-0.25, -0.2) is 17.9 Å². The Hall–Kier alpha value is -5.01. The van der Waals surface area contributed by atoms with Crippen molar-refractivity contribution < 1.29 is 61.2 Å². The van der Waals surface area contributed by atoms with Gasteiger partial charge in [0.25, 0.3) is 5.91 Å². The Balaban J connectivity index is 1.62. The Morgan fingerprint density at radius 3 is 1.84 bits per heavy atom. The molecule has 5 rings (SSSR count). The molecular weight excluding hydrogens is 739 g/mol. The van der Waals surface area contributed by atoms with Crippen LogP contribution in [0.3, 0.4) is 0 Å². The Morgan fingerprint density at radius 2 is 1.20 bits per heavy atom. The number of sulfonamides is 2. The number of nitrogens with one attached hydrogen (secondary N) is 2. The molecule has 262 valence electrons. The highest BCUT2D eigenvalue weighted by Gasteiger charge is 2.49. The van der Waals surface area contributed by atoms with E-state index in [0.717, 1.165) is 39.8 Å². The second kappa shape index (κ2) is 12.7. The van der Waals surface area contributed by atoms with Crippen LogP contribution in [0, 0.1) is 0 Å². The second-order valence-electron chi connectivity index (χ2n) is 10.6. The van der Waals surface area contributed by atoms with Crippen molar-refractivity contribution in [3.63, 3.8) is 0 Å². The van der Waals surface area contributed by atoms with Crippen LogP contribution in [0.15, 0.2) is 107 Å². The first-order chi connectivity index (χ1) is 23.1. The molecule has 4 aromatic rings. The highest BCUT2D eigenvalue weighted by atomic mass is 32.2. The molecule has 0 aromatic heterocycles. The molecule has 1 atom stereocenters. The number of hydrogen-bond donors (Lipinski definition) is 2. The Labute approximate surface area is 280 Å². The number of carbonyl (C=O) groups excluding carboxylic acids is 2. The molecule has 1 aliphatic rings. The molecule has 50 heavy (non-hydrogen) atoms. The summed E-state index contributed by atoms with van der Waals surface area (Å²) in [6.45, 7) is 0. The molecule has 2 N–H and O–H groups in total. The molecule has 0 fully saturated rings. The first-order valence-electron chi connectivity index (χ1n) is 13.8. The highest BCUT2D eigenvalue weighted by molar-refractivity contribution is 7.92. The summed E-state index contributed by atoms with van der Waals surface area (Å²) in [7, 11) is -16.6. The van der Waals surface area contributed by atoms with E-state index in [4.69, 9.17) is 0 Å². The number of carbonyl (C=O) groups is 2. The van der Waals surface area contributed by atoms with Gasteiger partial charge in [0, 0.05) is 5.57 Å². The van der Waals surface area contributed by atoms with Gasteiger partial charge in [0.2, 0.25) is 15.7 Å². The van der Waals surface area contributed by atoms with Crippen LogP contribution >= 0.6 is 0 Å². The topological polar surface area (TPSA) is 161 Å². The molecule has 0 saturated heterocycles. The van der Waals surface area contributed by atoms with E-state index in [1.165, 1.54) is 72.8 Å². The second-order valence-corrected chi connectivity index (χ2v) is 15.8. The van der Waals surface area contributed by atoms with Crippen molar-refractivity contribution in [2.24, 2.45) is 0 Å². The molecule has 10 nitrogen and oxygen atoms in total. The van der Waals surface area contributed by atoms with Gasteiger partial charge in [0.1, 0.15) is 0 Å². The van der Waals surface area contributed by atoms with Crippen LogP contribution in [0.1, 0.15) is 28.2 Å². The van der Waals surface area contributed by atoms with Crippen LogP contribution in [0.25, 0.3) is 22.8 Å². The minimum atomic E-state index is -6.20. The predicted molar refractivity (Wildman–Crippen MR) is 166 cm³/mol. The minimum Gasteiger partial charge on any atom is -0.273 e. The lowest BCUT2D eigenvalue weighted by molar-refractivity contribution is -0.120. The normalized spacial score (nSPS) is 16.1. The van der Waals surface area contributed by atoms with Crippen LogP contribution in [0.5, 0.6) is 0 Å². The first kappa shape index (κ1) is 36.3. The van der Waals surface area contributed by atoms with Crippen LogP contribution in [-0.2, 0) is 39.5 Å². The Morgan fingerprint density at radius 1 is 0.640 bits per heavy atom. The Kier molecular flexibility index (Phi) is 9.22. The lowest BCUT2D eigenvalue weighted by atomic mass is 9.88. The van der Waals surface area contributed by atoms with E-state index in [0.29, 0.717) is 0 Å². The van der Waals surface area contributed by atoms with Gasteiger partial charge in [0.15, 0.2) is 0 Å². The maximum absolute atomic E-state index is 13.5. The zero-order valence-corrected chi connectivity index (χ0v) is 27.1. The highest BCUT2D eigenvalue weighted by Crippen LogP contribution is 2.44. The van der Waals surface area contributed by atoms with E-state index in [1.54, 1.807) is 0 Å². The summed E-state index contributed by atoms with van der Waals surface area (Å²) < 4.78 is 155. The SMILES string of the molecule is O=C(NS(=O)(=O)C(F)(F)F)/C(=C/c1cccc(-c2ccc3c(c2)C(C(=O)NS(=O)(=O)C(F)(F)F)c2ccccc2S3(=O)=O)c1)c1ccccc1. The van der Waals surface area contributed by atoms with E-state index in [9.17, 15) is 61.2 Å². The fourth-order valence-electron chi connectivity index (χ4n) is 5.09. The first-order valence-corrected chi connectivity index (χ1v) is 18.2. The quantitative estimate of drug-likeness (QED) is 0.150. The zero-order valence-electron chi connectivity index (χ0n) is 24.7. The fourth-order valence-corrected chi connectivity index (χ4v) is 7.78. The summed E-state index contributed by atoms with van der Waals surface area (Å²) in [5, 5.41) is 0. The number of halogens is 6. The number of rotatable bonds is 7. The van der Waals surface area contributed by atoms with E-state index in [2.05, 4.69) is 0 Å². The molecule has 1 aliphatic heterocycles. The molecule has 1 heterocycles. The molecule has 19 heteroatoms. The number of hydrogen-bond acceptors (Lipinski definition) is 8. The van der Waals surface area contributed by atoms with Crippen molar-refractivity contribution in [2.45, 2.75) is 26.7 Å². The van der Waals surface area contributed by atoms with E-state index >= 15 is 0 Å². The number of fused-ring (bicyclic) bond motifs is 2. The molecule has 4 aromatic carbocycles. The monoisotopic (exact) mass is 758 g/mol. The van der Waals surface area contributed by atoms with E-state index in [-0.39, 0.29) is 33.4 Å². The van der Waals surface area contributed by atoms with Crippen molar-refractivity contribution in [3.8, 4) is 11.1 Å². The molecule has 0 radical (unpaired) electrons.